The highest BCUT2D eigenvalue weighted by molar-refractivity contribution is 7.10. The Morgan fingerprint density at radius 3 is 3.00 bits per heavy atom. The molecular weight excluding hydrogens is 246 g/mol. The van der Waals surface area contributed by atoms with Gasteiger partial charge in [-0.1, -0.05) is 18.3 Å². The first-order valence-electron chi connectivity index (χ1n) is 5.15. The number of fused-ring (bicyclic) bond motifs is 1. The Bertz CT molecular complexity index is 449. The van der Waals surface area contributed by atoms with Crippen LogP contribution >= 0.6 is 23.7 Å². The Kier molecular flexibility index (Phi) is 4.44. The summed E-state index contributed by atoms with van der Waals surface area (Å²) in [5.41, 5.74) is 2.08. The van der Waals surface area contributed by atoms with E-state index in [-0.39, 0.29) is 17.2 Å². The molecule has 1 heterocycles. The second-order valence-electron chi connectivity index (χ2n) is 3.63. The number of nitrogens with zero attached hydrogens (tertiary/aromatic N) is 1. The van der Waals surface area contributed by atoms with E-state index in [0.717, 1.165) is 41.1 Å². The van der Waals surface area contributed by atoms with Crippen molar-refractivity contribution < 1.29 is 5.21 Å². The van der Waals surface area contributed by atoms with Gasteiger partial charge in [-0.3, -0.25) is 5.41 Å². The number of rotatable bonds is 3. The lowest BCUT2D eigenvalue weighted by molar-refractivity contribution is 0.166. The van der Waals surface area contributed by atoms with Crippen LogP contribution in [0.4, 0.5) is 0 Å². The van der Waals surface area contributed by atoms with Gasteiger partial charge in [0.15, 0.2) is 0 Å². The summed E-state index contributed by atoms with van der Waals surface area (Å²) < 4.78 is 0.993. The van der Waals surface area contributed by atoms with Crippen LogP contribution < -0.4 is 10.1 Å². The van der Waals surface area contributed by atoms with Crippen molar-refractivity contribution in [1.29, 1.82) is 5.41 Å². The van der Waals surface area contributed by atoms with Gasteiger partial charge in [-0.2, -0.15) is 4.73 Å². The summed E-state index contributed by atoms with van der Waals surface area (Å²) in [5, 5.41) is 20.4. The lowest BCUT2D eigenvalue weighted by Gasteiger charge is -2.14. The standard InChI is InChI=1S/C10H15N3OS.ClH/c1-2-5-12-7-3-4-8-9(6-7)15-10(11)13(8)14;/h6,11-12,14H,2-5H2,1H3;1H. The minimum absolute atomic E-state index is 0. The van der Waals surface area contributed by atoms with Crippen molar-refractivity contribution in [3.05, 3.63) is 21.1 Å². The molecule has 0 atom stereocenters. The molecule has 0 saturated heterocycles. The number of nitrogens with one attached hydrogen (secondary N) is 2. The third-order valence-electron chi connectivity index (χ3n) is 2.48. The van der Waals surface area contributed by atoms with Crippen LogP contribution in [0.15, 0.2) is 5.70 Å². The summed E-state index contributed by atoms with van der Waals surface area (Å²) >= 11 is 1.32. The molecular formula is C10H16ClN3OS. The van der Waals surface area contributed by atoms with Gasteiger partial charge >= 0.3 is 0 Å². The van der Waals surface area contributed by atoms with Crippen LogP contribution in [0.1, 0.15) is 30.3 Å². The SMILES string of the molecule is CCCNC1=Cc2sc(=N)n(O)c2CC1.Cl. The van der Waals surface area contributed by atoms with Crippen molar-refractivity contribution in [3.8, 4) is 0 Å². The van der Waals surface area contributed by atoms with Gasteiger partial charge in [0.2, 0.25) is 4.80 Å². The van der Waals surface area contributed by atoms with Crippen molar-refractivity contribution in [1.82, 2.24) is 10.0 Å². The third kappa shape index (κ3) is 2.41. The van der Waals surface area contributed by atoms with Crippen LogP contribution in [0.5, 0.6) is 0 Å². The summed E-state index contributed by atoms with van der Waals surface area (Å²) in [6.07, 6.45) is 4.88. The minimum atomic E-state index is 0. The second kappa shape index (κ2) is 5.41. The number of thiazole rings is 1. The summed E-state index contributed by atoms with van der Waals surface area (Å²) in [5.74, 6) is 0. The molecule has 0 fully saturated rings. The molecule has 0 aromatic carbocycles. The van der Waals surface area contributed by atoms with E-state index in [1.54, 1.807) is 0 Å². The van der Waals surface area contributed by atoms with Gasteiger partial charge in [0.1, 0.15) is 0 Å². The maximum atomic E-state index is 9.54. The van der Waals surface area contributed by atoms with Gasteiger partial charge < -0.3 is 10.5 Å². The van der Waals surface area contributed by atoms with Crippen molar-refractivity contribution in [2.45, 2.75) is 26.2 Å². The van der Waals surface area contributed by atoms with Gasteiger partial charge in [0.05, 0.1) is 10.6 Å². The lowest BCUT2D eigenvalue weighted by atomic mass is 10.1. The largest absolute Gasteiger partial charge is 0.426 e. The predicted octanol–water partition coefficient (Wildman–Crippen LogP) is 1.97. The van der Waals surface area contributed by atoms with Crippen molar-refractivity contribution in [3.63, 3.8) is 0 Å². The molecule has 1 aromatic heterocycles. The molecule has 6 heteroatoms. The fourth-order valence-corrected chi connectivity index (χ4v) is 2.60. The second-order valence-corrected chi connectivity index (χ2v) is 4.66. The first-order chi connectivity index (χ1) is 7.22. The highest BCUT2D eigenvalue weighted by atomic mass is 35.5. The van der Waals surface area contributed by atoms with Crippen LogP contribution in [-0.4, -0.2) is 16.5 Å². The molecule has 1 aromatic rings. The monoisotopic (exact) mass is 261 g/mol. The molecule has 16 heavy (non-hydrogen) atoms. The van der Waals surface area contributed by atoms with Crippen molar-refractivity contribution >= 4 is 29.8 Å². The van der Waals surface area contributed by atoms with E-state index >= 15 is 0 Å². The fraction of sp³-hybridized carbons (Fsp3) is 0.500. The smallest absolute Gasteiger partial charge is 0.216 e. The number of aromatic nitrogens is 1. The minimum Gasteiger partial charge on any atom is -0.426 e. The highest BCUT2D eigenvalue weighted by Gasteiger charge is 2.16. The summed E-state index contributed by atoms with van der Waals surface area (Å²) in [6, 6.07) is 0. The molecule has 1 aliphatic rings. The zero-order chi connectivity index (χ0) is 10.8. The topological polar surface area (TPSA) is 61.0 Å². The Morgan fingerprint density at radius 1 is 1.56 bits per heavy atom. The molecule has 0 aliphatic heterocycles. The molecule has 1 aliphatic carbocycles. The van der Waals surface area contributed by atoms with Crippen molar-refractivity contribution in [2.24, 2.45) is 0 Å². The van der Waals surface area contributed by atoms with E-state index in [1.165, 1.54) is 17.0 Å². The molecule has 90 valence electrons. The molecule has 4 nitrogen and oxygen atoms in total. The van der Waals surface area contributed by atoms with Gasteiger partial charge in [0, 0.05) is 12.2 Å². The molecule has 0 bridgehead atoms. The molecule has 0 spiro atoms. The Balaban J connectivity index is 0.00000128. The maximum Gasteiger partial charge on any atom is 0.216 e. The van der Waals surface area contributed by atoms with Gasteiger partial charge in [-0.05, 0) is 25.3 Å². The van der Waals surface area contributed by atoms with Crippen LogP contribution in [0.3, 0.4) is 0 Å². The van der Waals surface area contributed by atoms with Crippen LogP contribution in [0.2, 0.25) is 0 Å². The van der Waals surface area contributed by atoms with Crippen LogP contribution in [0.25, 0.3) is 6.08 Å². The maximum absolute atomic E-state index is 9.54. The first kappa shape index (κ1) is 13.1. The first-order valence-corrected chi connectivity index (χ1v) is 5.97. The van der Waals surface area contributed by atoms with Gasteiger partial charge in [0.25, 0.3) is 0 Å². The van der Waals surface area contributed by atoms with Crippen LogP contribution in [0, 0.1) is 5.41 Å². The van der Waals surface area contributed by atoms with E-state index in [2.05, 4.69) is 12.2 Å². The third-order valence-corrected chi connectivity index (χ3v) is 3.42. The molecule has 3 N–H and O–H groups in total. The number of hydrogen-bond acceptors (Lipinski definition) is 4. The van der Waals surface area contributed by atoms with E-state index in [1.807, 2.05) is 6.08 Å². The molecule has 0 saturated carbocycles. The molecule has 0 amide bonds. The van der Waals surface area contributed by atoms with E-state index < -0.39 is 0 Å². The van der Waals surface area contributed by atoms with Crippen molar-refractivity contribution in [2.75, 3.05) is 6.54 Å². The quantitative estimate of drug-likeness (QED) is 0.729. The van der Waals surface area contributed by atoms with Crippen LogP contribution in [-0.2, 0) is 6.42 Å². The summed E-state index contributed by atoms with van der Waals surface area (Å²) in [4.78, 5) is 1.21. The average molecular weight is 262 g/mol. The zero-order valence-corrected chi connectivity index (χ0v) is 10.7. The van der Waals surface area contributed by atoms with Gasteiger partial charge in [-0.15, -0.1) is 12.4 Å². The Hall–Kier alpha value is -0.940. The fourth-order valence-electron chi connectivity index (χ4n) is 1.68. The molecule has 0 radical (unpaired) electrons. The Labute approximate surface area is 104 Å². The zero-order valence-electron chi connectivity index (χ0n) is 9.12. The normalized spacial score (nSPS) is 13.7. The highest BCUT2D eigenvalue weighted by Crippen LogP contribution is 2.23. The molecule has 0 unspecified atom stereocenters. The Morgan fingerprint density at radius 2 is 2.31 bits per heavy atom. The number of halogens is 1. The average Bonchev–Trinajstić information content (AvgIpc) is 2.52. The number of hydrogen-bond donors (Lipinski definition) is 3. The summed E-state index contributed by atoms with van der Waals surface area (Å²) in [7, 11) is 0. The lowest BCUT2D eigenvalue weighted by Crippen LogP contribution is -2.18. The molecule has 2 rings (SSSR count). The van der Waals surface area contributed by atoms with E-state index in [9.17, 15) is 5.21 Å². The predicted molar refractivity (Wildman–Crippen MR) is 67.2 cm³/mol. The number of allylic oxidation sites excluding steroid dienone is 1. The van der Waals surface area contributed by atoms with E-state index in [4.69, 9.17) is 5.41 Å². The van der Waals surface area contributed by atoms with E-state index in [0.29, 0.717) is 0 Å². The van der Waals surface area contributed by atoms with Gasteiger partial charge in [-0.25, -0.2) is 0 Å². The summed E-state index contributed by atoms with van der Waals surface area (Å²) in [6.45, 7) is 3.12.